The number of aryl methyl sites for hydroxylation is 1. The first-order valence-corrected chi connectivity index (χ1v) is 6.15. The number of nitrogens with zero attached hydrogens (tertiary/aromatic N) is 2. The Kier molecular flexibility index (Phi) is 3.92. The summed E-state index contributed by atoms with van der Waals surface area (Å²) in [5, 5.41) is 2.62. The van der Waals surface area contributed by atoms with Crippen LogP contribution in [0.4, 0.5) is 0 Å². The fraction of sp³-hybridized carbons (Fsp3) is 0.462. The summed E-state index contributed by atoms with van der Waals surface area (Å²) in [6.07, 6.45) is 3.63. The van der Waals surface area contributed by atoms with Crippen LogP contribution in [0.1, 0.15) is 28.9 Å². The van der Waals surface area contributed by atoms with Crippen LogP contribution < -0.4 is 5.32 Å². The summed E-state index contributed by atoms with van der Waals surface area (Å²) in [5.41, 5.74) is 1.34. The Balaban J connectivity index is 1.84. The summed E-state index contributed by atoms with van der Waals surface area (Å²) < 4.78 is 0. The molecule has 1 N–H and O–H groups in total. The molecule has 1 aromatic heterocycles. The fourth-order valence-corrected chi connectivity index (χ4v) is 1.94. The number of rotatable bonds is 3. The zero-order valence-corrected chi connectivity index (χ0v) is 10.5. The molecule has 1 aliphatic heterocycles. The molecule has 5 nitrogen and oxygen atoms in total. The van der Waals surface area contributed by atoms with Crippen molar-refractivity contribution >= 4 is 11.8 Å². The smallest absolute Gasteiger partial charge is 0.253 e. The molecule has 5 heteroatoms. The molecule has 0 aromatic carbocycles. The highest BCUT2D eigenvalue weighted by molar-refractivity contribution is 5.96. The predicted molar refractivity (Wildman–Crippen MR) is 67.1 cm³/mol. The second-order valence-electron chi connectivity index (χ2n) is 4.46. The van der Waals surface area contributed by atoms with E-state index in [4.69, 9.17) is 0 Å². The number of hydrogen-bond acceptors (Lipinski definition) is 3. The van der Waals surface area contributed by atoms with Crippen LogP contribution in [0.25, 0.3) is 0 Å². The van der Waals surface area contributed by atoms with Gasteiger partial charge < -0.3 is 10.2 Å². The molecule has 2 heterocycles. The summed E-state index contributed by atoms with van der Waals surface area (Å²) in [7, 11) is 0. The van der Waals surface area contributed by atoms with Crippen LogP contribution in [0.5, 0.6) is 0 Å². The van der Waals surface area contributed by atoms with Gasteiger partial charge in [-0.15, -0.1) is 0 Å². The molecule has 0 saturated carbocycles. The lowest BCUT2D eigenvalue weighted by atomic mass is 10.2. The second kappa shape index (κ2) is 5.62. The van der Waals surface area contributed by atoms with Gasteiger partial charge in [-0.05, 0) is 31.9 Å². The average molecular weight is 247 g/mol. The van der Waals surface area contributed by atoms with Crippen LogP contribution in [0.2, 0.25) is 0 Å². The van der Waals surface area contributed by atoms with Crippen molar-refractivity contribution in [3.8, 4) is 0 Å². The van der Waals surface area contributed by atoms with Crippen LogP contribution in [0, 0.1) is 6.92 Å². The first-order chi connectivity index (χ1) is 8.66. The third-order valence-corrected chi connectivity index (χ3v) is 3.03. The van der Waals surface area contributed by atoms with Crippen molar-refractivity contribution in [2.45, 2.75) is 19.8 Å². The van der Waals surface area contributed by atoms with Gasteiger partial charge in [-0.1, -0.05) is 0 Å². The summed E-state index contributed by atoms with van der Waals surface area (Å²) >= 11 is 0. The molecule has 0 radical (unpaired) electrons. The number of carbonyl (C=O) groups is 2. The maximum atomic E-state index is 11.8. The normalized spacial score (nSPS) is 14.6. The van der Waals surface area contributed by atoms with Gasteiger partial charge in [0.05, 0.1) is 12.1 Å². The summed E-state index contributed by atoms with van der Waals surface area (Å²) in [5.74, 6) is -0.268. The maximum Gasteiger partial charge on any atom is 0.253 e. The van der Waals surface area contributed by atoms with E-state index in [0.717, 1.165) is 31.6 Å². The highest BCUT2D eigenvalue weighted by Crippen LogP contribution is 2.06. The number of amides is 2. The quantitative estimate of drug-likeness (QED) is 0.857. The molecule has 2 rings (SSSR count). The van der Waals surface area contributed by atoms with Crippen LogP contribution in [-0.4, -0.2) is 41.3 Å². The van der Waals surface area contributed by atoms with Gasteiger partial charge in [0.15, 0.2) is 0 Å². The third-order valence-electron chi connectivity index (χ3n) is 3.03. The fourth-order valence-electron chi connectivity index (χ4n) is 1.94. The van der Waals surface area contributed by atoms with Gasteiger partial charge >= 0.3 is 0 Å². The number of aromatic nitrogens is 1. The number of hydrogen-bond donors (Lipinski definition) is 1. The molecule has 18 heavy (non-hydrogen) atoms. The van der Waals surface area contributed by atoms with E-state index in [0.29, 0.717) is 5.56 Å². The Morgan fingerprint density at radius 3 is 2.67 bits per heavy atom. The number of nitrogens with one attached hydrogen (secondary N) is 1. The minimum atomic E-state index is -0.255. The largest absolute Gasteiger partial charge is 0.343 e. The molecular formula is C13H17N3O2. The van der Waals surface area contributed by atoms with Crippen molar-refractivity contribution in [2.75, 3.05) is 19.6 Å². The summed E-state index contributed by atoms with van der Waals surface area (Å²) in [4.78, 5) is 29.3. The van der Waals surface area contributed by atoms with E-state index in [1.54, 1.807) is 17.0 Å². The molecule has 1 fully saturated rings. The van der Waals surface area contributed by atoms with Gasteiger partial charge in [-0.25, -0.2) is 0 Å². The second-order valence-corrected chi connectivity index (χ2v) is 4.46. The Labute approximate surface area is 106 Å². The molecular weight excluding hydrogens is 230 g/mol. The van der Waals surface area contributed by atoms with Crippen LogP contribution in [0.15, 0.2) is 18.3 Å². The number of carbonyl (C=O) groups excluding carboxylic acids is 2. The van der Waals surface area contributed by atoms with Gasteiger partial charge in [0.25, 0.3) is 5.91 Å². The Morgan fingerprint density at radius 2 is 2.06 bits per heavy atom. The summed E-state index contributed by atoms with van der Waals surface area (Å²) in [6.45, 7) is 3.53. The van der Waals surface area contributed by atoms with E-state index in [2.05, 4.69) is 10.3 Å². The SMILES string of the molecule is Cc1ccc(C(=O)NCC(=O)N2CCCC2)cn1. The Bertz CT molecular complexity index is 436. The van der Waals surface area contributed by atoms with E-state index in [1.807, 2.05) is 6.92 Å². The first kappa shape index (κ1) is 12.5. The van der Waals surface area contributed by atoms with Crippen molar-refractivity contribution < 1.29 is 9.59 Å². The van der Waals surface area contributed by atoms with E-state index in [-0.39, 0.29) is 18.4 Å². The monoisotopic (exact) mass is 247 g/mol. The minimum absolute atomic E-state index is 0.0130. The van der Waals surface area contributed by atoms with E-state index >= 15 is 0 Å². The lowest BCUT2D eigenvalue weighted by molar-refractivity contribution is -0.129. The van der Waals surface area contributed by atoms with Gasteiger partial charge in [0.2, 0.25) is 5.91 Å². The van der Waals surface area contributed by atoms with E-state index in [1.165, 1.54) is 6.20 Å². The average Bonchev–Trinajstić information content (AvgIpc) is 2.90. The van der Waals surface area contributed by atoms with Crippen molar-refractivity contribution in [3.63, 3.8) is 0 Å². The zero-order chi connectivity index (χ0) is 13.0. The van der Waals surface area contributed by atoms with Crippen molar-refractivity contribution in [2.24, 2.45) is 0 Å². The minimum Gasteiger partial charge on any atom is -0.343 e. The maximum absolute atomic E-state index is 11.8. The van der Waals surface area contributed by atoms with Crippen LogP contribution in [0.3, 0.4) is 0 Å². The van der Waals surface area contributed by atoms with Gasteiger partial charge in [-0.3, -0.25) is 14.6 Å². The first-order valence-electron chi connectivity index (χ1n) is 6.15. The van der Waals surface area contributed by atoms with E-state index < -0.39 is 0 Å². The highest BCUT2D eigenvalue weighted by atomic mass is 16.2. The molecule has 1 aromatic rings. The van der Waals surface area contributed by atoms with Gasteiger partial charge in [-0.2, -0.15) is 0 Å². The molecule has 0 atom stereocenters. The van der Waals surface area contributed by atoms with Gasteiger partial charge in [0.1, 0.15) is 0 Å². The molecule has 0 spiro atoms. The molecule has 0 unspecified atom stereocenters. The lowest BCUT2D eigenvalue weighted by Crippen LogP contribution is -2.38. The number of pyridine rings is 1. The van der Waals surface area contributed by atoms with Crippen molar-refractivity contribution in [1.29, 1.82) is 0 Å². The Morgan fingerprint density at radius 1 is 1.33 bits per heavy atom. The van der Waals surface area contributed by atoms with Gasteiger partial charge in [0, 0.05) is 25.0 Å². The lowest BCUT2D eigenvalue weighted by Gasteiger charge is -2.15. The van der Waals surface area contributed by atoms with Crippen LogP contribution >= 0.6 is 0 Å². The molecule has 2 amide bonds. The van der Waals surface area contributed by atoms with Crippen molar-refractivity contribution in [1.82, 2.24) is 15.2 Å². The molecule has 1 saturated heterocycles. The molecule has 1 aliphatic rings. The highest BCUT2D eigenvalue weighted by Gasteiger charge is 2.18. The third kappa shape index (κ3) is 3.06. The standard InChI is InChI=1S/C13H17N3O2/c1-10-4-5-11(8-14-10)13(18)15-9-12(17)16-6-2-3-7-16/h4-5,8H,2-3,6-7,9H2,1H3,(H,15,18). The predicted octanol–water partition coefficient (Wildman–Crippen LogP) is 0.742. The Hall–Kier alpha value is -1.91. The van der Waals surface area contributed by atoms with Crippen LogP contribution in [-0.2, 0) is 4.79 Å². The molecule has 0 aliphatic carbocycles. The van der Waals surface area contributed by atoms with E-state index in [9.17, 15) is 9.59 Å². The zero-order valence-electron chi connectivity index (χ0n) is 10.5. The summed E-state index contributed by atoms with van der Waals surface area (Å²) in [6, 6.07) is 3.48. The molecule has 0 bridgehead atoms. The molecule has 96 valence electrons. The number of likely N-dealkylation sites (tertiary alicyclic amines) is 1. The van der Waals surface area contributed by atoms with Crippen molar-refractivity contribution in [3.05, 3.63) is 29.6 Å². The topological polar surface area (TPSA) is 62.3 Å².